The van der Waals surface area contributed by atoms with E-state index in [0.717, 1.165) is 33.0 Å². The molecule has 0 aliphatic heterocycles. The number of benzene rings is 2. The van der Waals surface area contributed by atoms with E-state index in [1.54, 1.807) is 37.6 Å². The van der Waals surface area contributed by atoms with Crippen LogP contribution in [0.3, 0.4) is 0 Å². The minimum absolute atomic E-state index is 0.120. The average molecular weight is 484 g/mol. The predicted octanol–water partition coefficient (Wildman–Crippen LogP) is 4.87. The molecular formula is C26H21N5O3S. The SMILES string of the molecule is COc1cc(-c2cncc(C)c2)ccc1-c1nccc2cc(S(=O)(=O)Nc3ccncn3)ccc12. The summed E-state index contributed by atoms with van der Waals surface area (Å²) in [5.74, 6) is 0.857. The molecule has 35 heavy (non-hydrogen) atoms. The van der Waals surface area contributed by atoms with Crippen molar-refractivity contribution < 1.29 is 13.2 Å². The fourth-order valence-electron chi connectivity index (χ4n) is 3.86. The van der Waals surface area contributed by atoms with Gasteiger partial charge in [0.25, 0.3) is 10.0 Å². The second kappa shape index (κ2) is 9.11. The van der Waals surface area contributed by atoms with Crippen molar-refractivity contribution in [1.82, 2.24) is 19.9 Å². The van der Waals surface area contributed by atoms with Gasteiger partial charge in [-0.2, -0.15) is 0 Å². The number of fused-ring (bicyclic) bond motifs is 1. The van der Waals surface area contributed by atoms with Gasteiger partial charge in [-0.15, -0.1) is 0 Å². The summed E-state index contributed by atoms with van der Waals surface area (Å²) >= 11 is 0. The maximum atomic E-state index is 12.9. The maximum Gasteiger partial charge on any atom is 0.263 e. The first kappa shape index (κ1) is 22.4. The lowest BCUT2D eigenvalue weighted by Gasteiger charge is -2.13. The summed E-state index contributed by atoms with van der Waals surface area (Å²) in [5, 5.41) is 1.53. The largest absolute Gasteiger partial charge is 0.496 e. The Kier molecular flexibility index (Phi) is 5.84. The summed E-state index contributed by atoms with van der Waals surface area (Å²) in [6.45, 7) is 2.00. The molecule has 0 spiro atoms. The van der Waals surface area contributed by atoms with Crippen molar-refractivity contribution in [3.05, 3.63) is 91.3 Å². The molecule has 8 nitrogen and oxygen atoms in total. The molecule has 3 heterocycles. The molecule has 3 aromatic heterocycles. The Morgan fingerprint density at radius 3 is 2.51 bits per heavy atom. The monoisotopic (exact) mass is 483 g/mol. The number of aromatic nitrogens is 4. The Hall–Kier alpha value is -4.37. The van der Waals surface area contributed by atoms with Crippen LogP contribution < -0.4 is 9.46 Å². The van der Waals surface area contributed by atoms with Crippen LogP contribution in [-0.4, -0.2) is 35.5 Å². The summed E-state index contributed by atoms with van der Waals surface area (Å²) in [4.78, 5) is 16.7. The molecular weight excluding hydrogens is 462 g/mol. The molecule has 2 aromatic carbocycles. The zero-order valence-corrected chi connectivity index (χ0v) is 19.8. The van der Waals surface area contributed by atoms with Crippen LogP contribution in [-0.2, 0) is 10.0 Å². The minimum Gasteiger partial charge on any atom is -0.496 e. The Balaban J connectivity index is 1.55. The van der Waals surface area contributed by atoms with E-state index in [1.165, 1.54) is 18.6 Å². The Bertz CT molecular complexity index is 1640. The molecule has 0 saturated heterocycles. The van der Waals surface area contributed by atoms with Crippen LogP contribution >= 0.6 is 0 Å². The molecule has 0 aliphatic rings. The van der Waals surface area contributed by atoms with Crippen molar-refractivity contribution in [3.8, 4) is 28.1 Å². The fraction of sp³-hybridized carbons (Fsp3) is 0.0769. The highest BCUT2D eigenvalue weighted by Crippen LogP contribution is 2.37. The van der Waals surface area contributed by atoms with Gasteiger partial charge in [-0.25, -0.2) is 18.4 Å². The highest BCUT2D eigenvalue weighted by Gasteiger charge is 2.18. The molecule has 174 valence electrons. The third-order valence-electron chi connectivity index (χ3n) is 5.53. The molecule has 0 aliphatic carbocycles. The highest BCUT2D eigenvalue weighted by molar-refractivity contribution is 7.92. The number of nitrogens with one attached hydrogen (secondary N) is 1. The van der Waals surface area contributed by atoms with E-state index in [2.05, 4.69) is 30.7 Å². The van der Waals surface area contributed by atoms with Crippen LogP contribution in [0.1, 0.15) is 5.56 Å². The van der Waals surface area contributed by atoms with Crippen molar-refractivity contribution in [1.29, 1.82) is 0 Å². The maximum absolute atomic E-state index is 12.9. The van der Waals surface area contributed by atoms with E-state index in [4.69, 9.17) is 4.74 Å². The van der Waals surface area contributed by atoms with Gasteiger partial charge in [0.1, 0.15) is 17.9 Å². The number of anilines is 1. The summed E-state index contributed by atoms with van der Waals surface area (Å²) in [5.41, 5.74) is 4.54. The van der Waals surface area contributed by atoms with E-state index in [9.17, 15) is 8.42 Å². The summed E-state index contributed by atoms with van der Waals surface area (Å²) in [7, 11) is -2.21. The summed E-state index contributed by atoms with van der Waals surface area (Å²) in [6, 6.07) is 16.2. The minimum atomic E-state index is -3.83. The van der Waals surface area contributed by atoms with Gasteiger partial charge >= 0.3 is 0 Å². The normalized spacial score (nSPS) is 11.4. The van der Waals surface area contributed by atoms with Gasteiger partial charge in [0, 0.05) is 41.3 Å². The lowest BCUT2D eigenvalue weighted by Crippen LogP contribution is -2.13. The zero-order chi connectivity index (χ0) is 24.4. The standard InChI is InChI=1S/C26H21N5O3S/c1-17-11-20(15-28-14-17)18-3-5-23(24(13-18)34-2)26-22-6-4-21(12-19(22)7-10-29-26)35(32,33)31-25-8-9-27-16-30-25/h3-16H,1-2H3,(H,27,30,31). The number of aryl methyl sites for hydroxylation is 1. The van der Waals surface area contributed by atoms with E-state index in [-0.39, 0.29) is 10.7 Å². The number of methoxy groups -OCH3 is 1. The molecule has 0 saturated carbocycles. The van der Waals surface area contributed by atoms with Crippen molar-refractivity contribution in [2.45, 2.75) is 11.8 Å². The third-order valence-corrected chi connectivity index (χ3v) is 6.88. The Morgan fingerprint density at radius 2 is 1.74 bits per heavy atom. The molecule has 1 N–H and O–H groups in total. The molecule has 0 unspecified atom stereocenters. The molecule has 0 amide bonds. The lowest BCUT2D eigenvalue weighted by atomic mass is 9.99. The van der Waals surface area contributed by atoms with Gasteiger partial charge in [-0.3, -0.25) is 14.7 Å². The Morgan fingerprint density at radius 1 is 0.857 bits per heavy atom. The number of nitrogens with zero attached hydrogens (tertiary/aromatic N) is 4. The van der Waals surface area contributed by atoms with Gasteiger partial charge < -0.3 is 4.74 Å². The van der Waals surface area contributed by atoms with Gasteiger partial charge in [0.05, 0.1) is 17.7 Å². The molecule has 5 aromatic rings. The van der Waals surface area contributed by atoms with Crippen LogP contribution in [0.2, 0.25) is 0 Å². The van der Waals surface area contributed by atoms with Crippen LogP contribution in [0, 0.1) is 6.92 Å². The smallest absolute Gasteiger partial charge is 0.263 e. The van der Waals surface area contributed by atoms with Gasteiger partial charge in [0.15, 0.2) is 0 Å². The van der Waals surface area contributed by atoms with E-state index in [1.807, 2.05) is 37.5 Å². The van der Waals surface area contributed by atoms with E-state index < -0.39 is 10.0 Å². The van der Waals surface area contributed by atoms with Crippen LogP contribution in [0.25, 0.3) is 33.2 Å². The summed E-state index contributed by atoms with van der Waals surface area (Å²) < 4.78 is 33.9. The highest BCUT2D eigenvalue weighted by atomic mass is 32.2. The van der Waals surface area contributed by atoms with Crippen LogP contribution in [0.4, 0.5) is 5.82 Å². The van der Waals surface area contributed by atoms with Gasteiger partial charge in [-0.05, 0) is 65.9 Å². The van der Waals surface area contributed by atoms with E-state index >= 15 is 0 Å². The summed E-state index contributed by atoms with van der Waals surface area (Å²) in [6.07, 6.45) is 8.03. The topological polar surface area (TPSA) is 107 Å². The average Bonchev–Trinajstić information content (AvgIpc) is 2.88. The first-order valence-corrected chi connectivity index (χ1v) is 12.2. The van der Waals surface area contributed by atoms with Crippen LogP contribution in [0.5, 0.6) is 5.75 Å². The number of rotatable bonds is 6. The van der Waals surface area contributed by atoms with Crippen molar-refractivity contribution >= 4 is 26.6 Å². The molecule has 5 rings (SSSR count). The number of hydrogen-bond donors (Lipinski definition) is 1. The molecule has 0 atom stereocenters. The van der Waals surface area contributed by atoms with Gasteiger partial charge in [0.2, 0.25) is 0 Å². The first-order chi connectivity index (χ1) is 16.9. The number of pyridine rings is 2. The number of hydrogen-bond acceptors (Lipinski definition) is 7. The van der Waals surface area contributed by atoms with E-state index in [0.29, 0.717) is 11.4 Å². The zero-order valence-electron chi connectivity index (χ0n) is 19.0. The fourth-order valence-corrected chi connectivity index (χ4v) is 4.91. The number of ether oxygens (including phenoxy) is 1. The lowest BCUT2D eigenvalue weighted by molar-refractivity contribution is 0.416. The first-order valence-electron chi connectivity index (χ1n) is 10.7. The third kappa shape index (κ3) is 4.53. The Labute approximate surface area is 202 Å². The molecule has 0 radical (unpaired) electrons. The second-order valence-corrected chi connectivity index (χ2v) is 9.59. The second-order valence-electron chi connectivity index (χ2n) is 7.91. The molecule has 0 fully saturated rings. The number of sulfonamides is 1. The predicted molar refractivity (Wildman–Crippen MR) is 135 cm³/mol. The molecule has 0 bridgehead atoms. The van der Waals surface area contributed by atoms with Crippen molar-refractivity contribution in [2.24, 2.45) is 0 Å². The van der Waals surface area contributed by atoms with Crippen molar-refractivity contribution in [2.75, 3.05) is 11.8 Å². The van der Waals surface area contributed by atoms with Gasteiger partial charge in [-0.1, -0.05) is 12.1 Å². The molecule has 9 heteroatoms. The van der Waals surface area contributed by atoms with Crippen molar-refractivity contribution in [3.63, 3.8) is 0 Å². The quantitative estimate of drug-likeness (QED) is 0.367. The van der Waals surface area contributed by atoms with Crippen LogP contribution in [0.15, 0.2) is 90.6 Å².